The van der Waals surface area contributed by atoms with Gasteiger partial charge in [0.05, 0.1) is 17.1 Å². The van der Waals surface area contributed by atoms with E-state index in [2.05, 4.69) is 0 Å². The molecule has 138 valence electrons. The van der Waals surface area contributed by atoms with E-state index in [1.165, 1.54) is 23.4 Å². The second kappa shape index (κ2) is 7.70. The van der Waals surface area contributed by atoms with Gasteiger partial charge in [-0.15, -0.1) is 0 Å². The van der Waals surface area contributed by atoms with Gasteiger partial charge in [-0.3, -0.25) is 4.79 Å². The Balaban J connectivity index is 1.82. The second-order valence-electron chi connectivity index (χ2n) is 6.66. The molecule has 0 amide bonds. The van der Waals surface area contributed by atoms with Crippen LogP contribution < -0.4 is 0 Å². The summed E-state index contributed by atoms with van der Waals surface area (Å²) in [5.74, 6) is -0.153. The van der Waals surface area contributed by atoms with Crippen molar-refractivity contribution >= 4 is 15.8 Å². The molecule has 5 nitrogen and oxygen atoms in total. The van der Waals surface area contributed by atoms with E-state index in [9.17, 15) is 13.2 Å². The zero-order valence-electron chi connectivity index (χ0n) is 15.0. The third-order valence-electron chi connectivity index (χ3n) is 4.48. The molecule has 0 aromatic heterocycles. The average Bonchev–Trinajstić information content (AvgIpc) is 2.62. The van der Waals surface area contributed by atoms with Gasteiger partial charge < -0.3 is 4.74 Å². The van der Waals surface area contributed by atoms with E-state index in [1.54, 1.807) is 12.1 Å². The van der Waals surface area contributed by atoms with Crippen LogP contribution in [0.15, 0.2) is 59.5 Å². The molecule has 1 fully saturated rings. The van der Waals surface area contributed by atoms with Crippen LogP contribution in [0.2, 0.25) is 0 Å². The Morgan fingerprint density at radius 3 is 2.54 bits per heavy atom. The Labute approximate surface area is 154 Å². The van der Waals surface area contributed by atoms with Crippen molar-refractivity contribution in [3.05, 3.63) is 65.7 Å². The van der Waals surface area contributed by atoms with Crippen molar-refractivity contribution in [2.24, 2.45) is 0 Å². The molecule has 0 bridgehead atoms. The van der Waals surface area contributed by atoms with Gasteiger partial charge >= 0.3 is 0 Å². The smallest absolute Gasteiger partial charge is 0.243 e. The Bertz CT molecular complexity index is 880. The van der Waals surface area contributed by atoms with Gasteiger partial charge in [0.25, 0.3) is 0 Å². The zero-order chi connectivity index (χ0) is 18.7. The maximum absolute atomic E-state index is 13.1. The highest BCUT2D eigenvalue weighted by molar-refractivity contribution is 7.89. The van der Waals surface area contributed by atoms with Crippen molar-refractivity contribution in [2.75, 3.05) is 13.1 Å². The average molecular weight is 373 g/mol. The lowest BCUT2D eigenvalue weighted by Crippen LogP contribution is -2.49. The highest BCUT2D eigenvalue weighted by Gasteiger charge is 2.34. The summed E-state index contributed by atoms with van der Waals surface area (Å²) >= 11 is 0. The van der Waals surface area contributed by atoms with Gasteiger partial charge in [0.15, 0.2) is 5.78 Å². The lowest BCUT2D eigenvalue weighted by atomic mass is 10.1. The fourth-order valence-corrected chi connectivity index (χ4v) is 4.81. The van der Waals surface area contributed by atoms with Crippen LogP contribution in [-0.2, 0) is 21.2 Å². The van der Waals surface area contributed by atoms with E-state index in [-0.39, 0.29) is 22.9 Å². The summed E-state index contributed by atoms with van der Waals surface area (Å²) in [5, 5.41) is 0. The summed E-state index contributed by atoms with van der Waals surface area (Å²) in [5.41, 5.74) is 1.51. The minimum atomic E-state index is -3.68. The third kappa shape index (κ3) is 4.20. The molecule has 0 N–H and O–H groups in total. The largest absolute Gasteiger partial charge is 0.372 e. The van der Waals surface area contributed by atoms with Crippen molar-refractivity contribution in [1.82, 2.24) is 4.31 Å². The Kier molecular flexibility index (Phi) is 5.55. The quantitative estimate of drug-likeness (QED) is 0.756. The van der Waals surface area contributed by atoms with Crippen molar-refractivity contribution in [3.63, 3.8) is 0 Å². The van der Waals surface area contributed by atoms with E-state index in [1.807, 2.05) is 37.3 Å². The number of ether oxygens (including phenoxy) is 1. The maximum Gasteiger partial charge on any atom is 0.243 e. The molecule has 0 aliphatic carbocycles. The number of sulfonamides is 1. The summed E-state index contributed by atoms with van der Waals surface area (Å²) in [6, 6.07) is 16.1. The molecule has 2 unspecified atom stereocenters. The van der Waals surface area contributed by atoms with Crippen molar-refractivity contribution < 1.29 is 17.9 Å². The lowest BCUT2D eigenvalue weighted by Gasteiger charge is -2.36. The lowest BCUT2D eigenvalue weighted by molar-refractivity contribution is -0.0529. The van der Waals surface area contributed by atoms with Crippen LogP contribution in [-0.4, -0.2) is 43.8 Å². The van der Waals surface area contributed by atoms with Gasteiger partial charge in [0.1, 0.15) is 0 Å². The molecular weight excluding hydrogens is 350 g/mol. The fraction of sp³-hybridized carbons (Fsp3) is 0.350. The Morgan fingerprint density at radius 1 is 1.12 bits per heavy atom. The molecule has 2 aromatic rings. The number of rotatable bonds is 5. The van der Waals surface area contributed by atoms with Crippen molar-refractivity contribution in [3.8, 4) is 0 Å². The molecule has 6 heteroatoms. The molecular formula is C20H23NO4S. The van der Waals surface area contributed by atoms with E-state index in [0.717, 1.165) is 5.56 Å². The number of ketones is 1. The number of carbonyl (C=O) groups is 1. The summed E-state index contributed by atoms with van der Waals surface area (Å²) in [6.07, 6.45) is 0.264. The summed E-state index contributed by atoms with van der Waals surface area (Å²) in [7, 11) is -3.68. The summed E-state index contributed by atoms with van der Waals surface area (Å²) < 4.78 is 33.5. The Hall–Kier alpha value is -2.02. The van der Waals surface area contributed by atoms with Gasteiger partial charge in [0, 0.05) is 18.7 Å². The first kappa shape index (κ1) is 18.8. The number of morpholine rings is 1. The van der Waals surface area contributed by atoms with E-state index >= 15 is 0 Å². The van der Waals surface area contributed by atoms with Gasteiger partial charge in [-0.05, 0) is 38.0 Å². The number of hydrogen-bond donors (Lipinski definition) is 0. The number of nitrogens with zero attached hydrogens (tertiary/aromatic N) is 1. The first-order valence-corrected chi connectivity index (χ1v) is 10.1. The predicted octanol–water partition coefficient (Wildman–Crippen LogP) is 2.91. The monoisotopic (exact) mass is 373 g/mol. The van der Waals surface area contributed by atoms with E-state index < -0.39 is 10.0 Å². The minimum Gasteiger partial charge on any atom is -0.372 e. The number of Topliss-reactive ketones (excluding diaryl/α,β-unsaturated/α-hetero) is 1. The first-order chi connectivity index (χ1) is 12.4. The standard InChI is InChI=1S/C20H23NO4S/c1-15-13-21(14-19(25-15)11-17-7-4-3-5-8-17)26(23,24)20-10-6-9-18(12-20)16(2)22/h3-10,12,15,19H,11,13-14H2,1-2H3. The first-order valence-electron chi connectivity index (χ1n) is 8.67. The molecule has 2 aromatic carbocycles. The van der Waals surface area contributed by atoms with Crippen molar-refractivity contribution in [2.45, 2.75) is 37.4 Å². The number of benzene rings is 2. The van der Waals surface area contributed by atoms with Crippen LogP contribution >= 0.6 is 0 Å². The molecule has 1 aliphatic heterocycles. The topological polar surface area (TPSA) is 63.7 Å². The normalized spacial score (nSPS) is 21.5. The molecule has 2 atom stereocenters. The molecule has 26 heavy (non-hydrogen) atoms. The molecule has 0 spiro atoms. The molecule has 0 saturated carbocycles. The zero-order valence-corrected chi connectivity index (χ0v) is 15.8. The van der Waals surface area contributed by atoms with Crippen LogP contribution in [0.5, 0.6) is 0 Å². The number of hydrogen-bond acceptors (Lipinski definition) is 4. The second-order valence-corrected chi connectivity index (χ2v) is 8.60. The molecule has 1 aliphatic rings. The van der Waals surface area contributed by atoms with Gasteiger partial charge in [-0.1, -0.05) is 42.5 Å². The molecule has 1 heterocycles. The van der Waals surface area contributed by atoms with E-state index in [4.69, 9.17) is 4.74 Å². The van der Waals surface area contributed by atoms with Crippen LogP contribution in [0, 0.1) is 0 Å². The van der Waals surface area contributed by atoms with Gasteiger partial charge in [-0.2, -0.15) is 4.31 Å². The van der Waals surface area contributed by atoms with Crippen molar-refractivity contribution in [1.29, 1.82) is 0 Å². The molecule has 0 radical (unpaired) electrons. The SMILES string of the molecule is CC(=O)c1cccc(S(=O)(=O)N2CC(C)OC(Cc3ccccc3)C2)c1. The van der Waals surface area contributed by atoms with Crippen LogP contribution in [0.25, 0.3) is 0 Å². The summed E-state index contributed by atoms with van der Waals surface area (Å²) in [6.45, 7) is 3.91. The van der Waals surface area contributed by atoms with Gasteiger partial charge in [-0.25, -0.2) is 8.42 Å². The fourth-order valence-electron chi connectivity index (χ4n) is 3.21. The van der Waals surface area contributed by atoms with Gasteiger partial charge in [0.2, 0.25) is 10.0 Å². The van der Waals surface area contributed by atoms with Crippen LogP contribution in [0.4, 0.5) is 0 Å². The molecule has 3 rings (SSSR count). The Morgan fingerprint density at radius 2 is 1.85 bits per heavy atom. The highest BCUT2D eigenvalue weighted by Crippen LogP contribution is 2.23. The predicted molar refractivity (Wildman–Crippen MR) is 99.7 cm³/mol. The minimum absolute atomic E-state index is 0.151. The molecule has 1 saturated heterocycles. The number of carbonyl (C=O) groups excluding carboxylic acids is 1. The maximum atomic E-state index is 13.1. The van der Waals surface area contributed by atoms with Crippen LogP contribution in [0.3, 0.4) is 0 Å². The van der Waals surface area contributed by atoms with E-state index in [0.29, 0.717) is 25.1 Å². The third-order valence-corrected chi connectivity index (χ3v) is 6.30. The summed E-state index contributed by atoms with van der Waals surface area (Å²) in [4.78, 5) is 11.7. The highest BCUT2D eigenvalue weighted by atomic mass is 32.2. The van der Waals surface area contributed by atoms with Crippen LogP contribution in [0.1, 0.15) is 29.8 Å².